The number of pyridine rings is 1. The number of nitrogens with two attached hydrogens (primary N) is 1. The van der Waals surface area contributed by atoms with E-state index in [-0.39, 0.29) is 5.65 Å². The summed E-state index contributed by atoms with van der Waals surface area (Å²) in [7, 11) is 0. The summed E-state index contributed by atoms with van der Waals surface area (Å²) in [5.41, 5.74) is 6.81. The second-order valence-corrected chi connectivity index (χ2v) is 8.49. The predicted molar refractivity (Wildman–Crippen MR) is 129 cm³/mol. The summed E-state index contributed by atoms with van der Waals surface area (Å²) in [5.74, 6) is -2.36. The number of carbonyl (C=O) groups excluding carboxylic acids is 1. The highest BCUT2D eigenvalue weighted by atomic mass is 32.2. The fourth-order valence-corrected chi connectivity index (χ4v) is 4.21. The van der Waals surface area contributed by atoms with Crippen molar-refractivity contribution >= 4 is 28.7 Å². The highest BCUT2D eigenvalue weighted by Crippen LogP contribution is 2.33. The van der Waals surface area contributed by atoms with Crippen LogP contribution >= 0.6 is 11.8 Å². The van der Waals surface area contributed by atoms with Crippen LogP contribution in [0.25, 0.3) is 28.0 Å². The van der Waals surface area contributed by atoms with E-state index >= 15 is 0 Å². The van der Waals surface area contributed by atoms with Gasteiger partial charge < -0.3 is 5.73 Å². The normalized spacial score (nSPS) is 11.2. The Labute approximate surface area is 198 Å². The van der Waals surface area contributed by atoms with Gasteiger partial charge in [-0.2, -0.15) is 0 Å². The van der Waals surface area contributed by atoms with E-state index in [1.807, 2.05) is 6.07 Å². The zero-order valence-corrected chi connectivity index (χ0v) is 19.5. The standard InChI is InChI=1S/C25H22F2N4O2S/c1-3-4-6-14-9-10-15(23(28)33)13-17(14)21-16-11-12-20(32)31(24(16)30-25(29-21)34-2)22-18(26)7-5-8-19(22)27/h5,7-13H,3-4,6H2,1-2H3,(H2,28,33). The zero-order chi connectivity index (χ0) is 24.4. The first kappa shape index (κ1) is 23.6. The Bertz CT molecular complexity index is 1450. The summed E-state index contributed by atoms with van der Waals surface area (Å²) in [5, 5.41) is 0.726. The number of unbranched alkanes of at least 4 members (excludes halogenated alkanes) is 1. The lowest BCUT2D eigenvalue weighted by molar-refractivity contribution is 0.100. The van der Waals surface area contributed by atoms with Crippen LogP contribution in [0.3, 0.4) is 0 Å². The van der Waals surface area contributed by atoms with E-state index in [0.717, 1.165) is 41.5 Å². The Morgan fingerprint density at radius 3 is 2.47 bits per heavy atom. The van der Waals surface area contributed by atoms with Crippen LogP contribution in [0.5, 0.6) is 0 Å². The van der Waals surface area contributed by atoms with Gasteiger partial charge in [-0.15, -0.1) is 0 Å². The van der Waals surface area contributed by atoms with Gasteiger partial charge in [-0.25, -0.2) is 18.7 Å². The van der Waals surface area contributed by atoms with Crippen LogP contribution in [0.15, 0.2) is 58.5 Å². The molecule has 2 N–H and O–H groups in total. The molecule has 9 heteroatoms. The van der Waals surface area contributed by atoms with Crippen molar-refractivity contribution in [2.24, 2.45) is 5.73 Å². The molecule has 0 fully saturated rings. The number of hydrogen-bond acceptors (Lipinski definition) is 5. The van der Waals surface area contributed by atoms with E-state index in [2.05, 4.69) is 16.9 Å². The number of halogens is 2. The lowest BCUT2D eigenvalue weighted by Crippen LogP contribution is -2.21. The highest BCUT2D eigenvalue weighted by molar-refractivity contribution is 7.98. The quantitative estimate of drug-likeness (QED) is 0.300. The SMILES string of the molecule is CCCCc1ccc(C(N)=O)cc1-c1nc(SC)nc2c1ccc(=O)n2-c1c(F)cccc1F. The molecular weight excluding hydrogens is 458 g/mol. The number of aryl methyl sites for hydroxylation is 1. The van der Waals surface area contributed by atoms with Crippen molar-refractivity contribution in [3.05, 3.63) is 81.6 Å². The van der Waals surface area contributed by atoms with Gasteiger partial charge in [0.05, 0.1) is 5.69 Å². The number of benzene rings is 2. The average molecular weight is 481 g/mol. The third-order valence-corrected chi connectivity index (χ3v) is 6.07. The average Bonchev–Trinajstić information content (AvgIpc) is 2.82. The molecule has 4 aromatic rings. The third kappa shape index (κ3) is 4.31. The van der Waals surface area contributed by atoms with E-state index in [4.69, 9.17) is 5.73 Å². The van der Waals surface area contributed by atoms with Crippen molar-refractivity contribution < 1.29 is 13.6 Å². The van der Waals surface area contributed by atoms with Crippen LogP contribution in [0.2, 0.25) is 0 Å². The van der Waals surface area contributed by atoms with Gasteiger partial charge in [0, 0.05) is 22.6 Å². The maximum atomic E-state index is 14.7. The molecule has 0 bridgehead atoms. The van der Waals surface area contributed by atoms with E-state index in [9.17, 15) is 18.4 Å². The van der Waals surface area contributed by atoms with E-state index < -0.39 is 28.8 Å². The molecule has 0 atom stereocenters. The van der Waals surface area contributed by atoms with Crippen LogP contribution < -0.4 is 11.3 Å². The van der Waals surface area contributed by atoms with E-state index in [1.54, 1.807) is 18.4 Å². The number of rotatable bonds is 7. The number of amides is 1. The Balaban J connectivity index is 2.12. The minimum absolute atomic E-state index is 0.0665. The van der Waals surface area contributed by atoms with Crippen molar-refractivity contribution in [2.75, 3.05) is 6.26 Å². The molecule has 0 spiro atoms. The van der Waals surface area contributed by atoms with E-state index in [0.29, 0.717) is 27.4 Å². The summed E-state index contributed by atoms with van der Waals surface area (Å²) in [6.45, 7) is 2.07. The lowest BCUT2D eigenvalue weighted by atomic mass is 9.95. The molecule has 1 amide bonds. The first-order valence-corrected chi connectivity index (χ1v) is 11.9. The first-order chi connectivity index (χ1) is 16.3. The minimum atomic E-state index is -0.889. The summed E-state index contributed by atoms with van der Waals surface area (Å²) < 4.78 is 30.3. The molecule has 2 heterocycles. The molecule has 0 aliphatic carbocycles. The molecule has 0 unspecified atom stereocenters. The monoisotopic (exact) mass is 480 g/mol. The predicted octanol–water partition coefficient (Wildman–Crippen LogP) is 4.89. The van der Waals surface area contributed by atoms with Crippen LogP contribution in [0.4, 0.5) is 8.78 Å². The van der Waals surface area contributed by atoms with Crippen LogP contribution in [0, 0.1) is 11.6 Å². The molecule has 6 nitrogen and oxygen atoms in total. The lowest BCUT2D eigenvalue weighted by Gasteiger charge is -2.16. The van der Waals surface area contributed by atoms with Crippen molar-refractivity contribution in [3.8, 4) is 16.9 Å². The summed E-state index contributed by atoms with van der Waals surface area (Å²) in [6, 6.07) is 11.3. The van der Waals surface area contributed by atoms with Gasteiger partial charge in [0.15, 0.2) is 10.8 Å². The number of thioether (sulfide) groups is 1. The van der Waals surface area contributed by atoms with Gasteiger partial charge in [-0.05, 0) is 55.0 Å². The van der Waals surface area contributed by atoms with Crippen LogP contribution in [-0.4, -0.2) is 26.7 Å². The number of aromatic nitrogens is 3. The molecular formula is C25H22F2N4O2S. The molecule has 4 rings (SSSR count). The second-order valence-electron chi connectivity index (χ2n) is 7.71. The number of hydrogen-bond donors (Lipinski definition) is 1. The summed E-state index contributed by atoms with van der Waals surface area (Å²) in [4.78, 5) is 33.9. The second kappa shape index (κ2) is 9.72. The van der Waals surface area contributed by atoms with Crippen molar-refractivity contribution in [3.63, 3.8) is 0 Å². The molecule has 2 aromatic heterocycles. The number of carbonyl (C=O) groups is 1. The molecule has 174 valence electrons. The van der Waals surface area contributed by atoms with Gasteiger partial charge in [-0.3, -0.25) is 14.2 Å². The smallest absolute Gasteiger partial charge is 0.256 e. The van der Waals surface area contributed by atoms with Crippen LogP contribution in [0.1, 0.15) is 35.7 Å². The number of para-hydroxylation sites is 1. The Hall–Kier alpha value is -3.59. The van der Waals surface area contributed by atoms with Crippen molar-refractivity contribution in [2.45, 2.75) is 31.3 Å². The number of primary amides is 1. The van der Waals surface area contributed by atoms with Gasteiger partial charge in [-0.1, -0.05) is 37.2 Å². The molecule has 0 saturated carbocycles. The minimum Gasteiger partial charge on any atom is -0.366 e. The molecule has 0 radical (unpaired) electrons. The molecule has 0 aliphatic heterocycles. The maximum absolute atomic E-state index is 14.7. The highest BCUT2D eigenvalue weighted by Gasteiger charge is 2.21. The van der Waals surface area contributed by atoms with Gasteiger partial charge >= 0.3 is 0 Å². The fourth-order valence-electron chi connectivity index (χ4n) is 3.85. The zero-order valence-electron chi connectivity index (χ0n) is 18.6. The Morgan fingerprint density at radius 2 is 1.82 bits per heavy atom. The maximum Gasteiger partial charge on any atom is 0.256 e. The molecule has 2 aromatic carbocycles. The molecule has 0 aliphatic rings. The number of fused-ring (bicyclic) bond motifs is 1. The van der Waals surface area contributed by atoms with Crippen molar-refractivity contribution in [1.29, 1.82) is 0 Å². The van der Waals surface area contributed by atoms with Gasteiger partial charge in [0.2, 0.25) is 5.91 Å². The first-order valence-electron chi connectivity index (χ1n) is 10.7. The fraction of sp³-hybridized carbons (Fsp3) is 0.200. The summed E-state index contributed by atoms with van der Waals surface area (Å²) >= 11 is 1.23. The Morgan fingerprint density at radius 1 is 1.09 bits per heavy atom. The third-order valence-electron chi connectivity index (χ3n) is 5.52. The van der Waals surface area contributed by atoms with Gasteiger partial charge in [0.1, 0.15) is 17.3 Å². The topological polar surface area (TPSA) is 90.9 Å². The van der Waals surface area contributed by atoms with Crippen molar-refractivity contribution in [1.82, 2.24) is 14.5 Å². The van der Waals surface area contributed by atoms with Crippen LogP contribution in [-0.2, 0) is 6.42 Å². The molecule has 34 heavy (non-hydrogen) atoms. The molecule has 0 saturated heterocycles. The summed E-state index contributed by atoms with van der Waals surface area (Å²) in [6.07, 6.45) is 4.36. The van der Waals surface area contributed by atoms with Gasteiger partial charge in [0.25, 0.3) is 5.56 Å². The Kier molecular flexibility index (Phi) is 6.74. The van der Waals surface area contributed by atoms with E-state index in [1.165, 1.54) is 30.0 Å². The largest absolute Gasteiger partial charge is 0.366 e. The number of nitrogens with zero attached hydrogens (tertiary/aromatic N) is 3.